The lowest BCUT2D eigenvalue weighted by Crippen LogP contribution is -2.21. The number of rotatable bonds is 13. The smallest absolute Gasteiger partial charge is 0.328 e. The van der Waals surface area contributed by atoms with Gasteiger partial charge in [0.2, 0.25) is 0 Å². The summed E-state index contributed by atoms with van der Waals surface area (Å²) in [5.74, 6) is -1.39. The van der Waals surface area contributed by atoms with E-state index in [1.54, 1.807) is 74.9 Å². The number of carbonyl (C=O) groups is 2. The van der Waals surface area contributed by atoms with Crippen molar-refractivity contribution in [2.45, 2.75) is 24.9 Å². The van der Waals surface area contributed by atoms with Gasteiger partial charge in [-0.05, 0) is 69.1 Å². The lowest BCUT2D eigenvalue weighted by atomic mass is 9.89. The van der Waals surface area contributed by atoms with Gasteiger partial charge in [-0.15, -0.1) is 0 Å². The van der Waals surface area contributed by atoms with Crippen molar-refractivity contribution < 1.29 is 39.5 Å². The number of ether oxygens (including phenoxy) is 2. The molecule has 4 N–H and O–H groups in total. The Morgan fingerprint density at radius 1 is 0.596 bits per heavy atom. The van der Waals surface area contributed by atoms with Gasteiger partial charge in [-0.1, -0.05) is 72.8 Å². The topological polar surface area (TPSA) is 158 Å². The summed E-state index contributed by atoms with van der Waals surface area (Å²) in [5.41, 5.74) is 2.61. The summed E-state index contributed by atoms with van der Waals surface area (Å²) in [7, 11) is 3.10. The third kappa shape index (κ3) is 7.56. The molecule has 6 rings (SSSR count). The van der Waals surface area contributed by atoms with Crippen molar-refractivity contribution in [1.29, 1.82) is 0 Å². The fraction of sp³-hybridized carbons (Fsp3) is 0.143. The van der Waals surface area contributed by atoms with E-state index in [-0.39, 0.29) is 35.5 Å². The van der Waals surface area contributed by atoms with Crippen molar-refractivity contribution in [3.05, 3.63) is 131 Å². The Bertz CT molecular complexity index is 2150. The first-order valence-electron chi connectivity index (χ1n) is 16.4. The molecule has 2 atom stereocenters. The first kappa shape index (κ1) is 35.2. The van der Waals surface area contributed by atoms with Crippen LogP contribution in [0.4, 0.5) is 0 Å². The number of hydrogen-bond donors (Lipinski definition) is 4. The normalized spacial score (nSPS) is 12.7. The Morgan fingerprint density at radius 3 is 1.31 bits per heavy atom. The van der Waals surface area contributed by atoms with Crippen molar-refractivity contribution in [1.82, 2.24) is 0 Å². The number of aromatic hydroxyl groups is 2. The van der Waals surface area contributed by atoms with Crippen molar-refractivity contribution in [3.8, 4) is 34.1 Å². The molecule has 52 heavy (non-hydrogen) atoms. The number of aliphatic carboxylic acids is 2. The fourth-order valence-electron chi connectivity index (χ4n) is 6.14. The monoisotopic (exact) mass is 696 g/mol. The minimum atomic E-state index is -1.14. The van der Waals surface area contributed by atoms with E-state index in [0.29, 0.717) is 44.2 Å². The van der Waals surface area contributed by atoms with E-state index in [9.17, 15) is 30.0 Å². The Kier molecular flexibility index (Phi) is 10.5. The number of nitrogens with zero attached hydrogens (tertiary/aromatic N) is 2. The number of aliphatic imine (C=N–C) groups is 2. The molecule has 0 aliphatic heterocycles. The SMILES string of the molecule is COc1ccc(C[C@H](N=Cc2cc3ccccc3c(-c3c(O)c(C=N[C@@H](Cc4ccc(OC)cc4)C(=O)O)cc4ccccc34)c2O)C(=O)O)cc1. The summed E-state index contributed by atoms with van der Waals surface area (Å²) in [6, 6.07) is 29.9. The molecule has 0 fully saturated rings. The maximum Gasteiger partial charge on any atom is 0.328 e. The third-order valence-electron chi connectivity index (χ3n) is 8.89. The van der Waals surface area contributed by atoms with Gasteiger partial charge < -0.3 is 29.9 Å². The molecule has 0 amide bonds. The molecular formula is C42H36N2O8. The zero-order chi connectivity index (χ0) is 36.8. The van der Waals surface area contributed by atoms with Crippen LogP contribution in [0.5, 0.6) is 23.0 Å². The summed E-state index contributed by atoms with van der Waals surface area (Å²) >= 11 is 0. The summed E-state index contributed by atoms with van der Waals surface area (Å²) in [6.07, 6.45) is 2.91. The number of methoxy groups -OCH3 is 2. The molecule has 262 valence electrons. The number of fused-ring (bicyclic) bond motifs is 2. The van der Waals surface area contributed by atoms with E-state index in [1.165, 1.54) is 12.4 Å². The van der Waals surface area contributed by atoms with Crippen LogP contribution in [-0.4, -0.2) is 71.1 Å². The van der Waals surface area contributed by atoms with Gasteiger partial charge in [-0.3, -0.25) is 9.98 Å². The lowest BCUT2D eigenvalue weighted by molar-refractivity contribution is -0.139. The molecule has 6 aromatic rings. The predicted molar refractivity (Wildman–Crippen MR) is 202 cm³/mol. The number of phenolic OH excluding ortho intramolecular Hbond substituents is 2. The Morgan fingerprint density at radius 2 is 0.962 bits per heavy atom. The molecule has 0 spiro atoms. The minimum absolute atomic E-state index is 0.111. The van der Waals surface area contributed by atoms with E-state index < -0.39 is 24.0 Å². The predicted octanol–water partition coefficient (Wildman–Crippen LogP) is 7.32. The maximum atomic E-state index is 12.3. The largest absolute Gasteiger partial charge is 0.507 e. The highest BCUT2D eigenvalue weighted by Crippen LogP contribution is 2.47. The molecule has 6 aromatic carbocycles. The van der Waals surface area contributed by atoms with Crippen LogP contribution in [0.2, 0.25) is 0 Å². The van der Waals surface area contributed by atoms with Gasteiger partial charge in [-0.25, -0.2) is 9.59 Å². The average molecular weight is 697 g/mol. The summed E-state index contributed by atoms with van der Waals surface area (Å²) in [5, 5.41) is 46.6. The molecule has 0 radical (unpaired) electrons. The van der Waals surface area contributed by atoms with Gasteiger partial charge in [0.25, 0.3) is 0 Å². The Labute approximate surface area is 299 Å². The number of carboxylic acid groups (broad SMARTS) is 2. The van der Waals surface area contributed by atoms with E-state index in [1.807, 2.05) is 48.5 Å². The highest BCUT2D eigenvalue weighted by Gasteiger charge is 2.23. The van der Waals surface area contributed by atoms with Gasteiger partial charge in [0, 0.05) is 47.5 Å². The van der Waals surface area contributed by atoms with Crippen LogP contribution in [0, 0.1) is 0 Å². The quantitative estimate of drug-likeness (QED) is 0.0915. The van der Waals surface area contributed by atoms with Crippen LogP contribution in [0.25, 0.3) is 32.7 Å². The second kappa shape index (κ2) is 15.5. The van der Waals surface area contributed by atoms with E-state index in [4.69, 9.17) is 9.47 Å². The molecule has 0 saturated carbocycles. The van der Waals surface area contributed by atoms with Crippen LogP contribution < -0.4 is 9.47 Å². The van der Waals surface area contributed by atoms with E-state index in [0.717, 1.165) is 11.1 Å². The third-order valence-corrected chi connectivity index (χ3v) is 8.89. The molecule has 10 heteroatoms. The van der Waals surface area contributed by atoms with Crippen LogP contribution in [0.1, 0.15) is 22.3 Å². The van der Waals surface area contributed by atoms with Crippen molar-refractivity contribution in [3.63, 3.8) is 0 Å². The van der Waals surface area contributed by atoms with Gasteiger partial charge in [0.15, 0.2) is 12.1 Å². The molecule has 0 aliphatic carbocycles. The van der Waals surface area contributed by atoms with Crippen molar-refractivity contribution >= 4 is 45.9 Å². The van der Waals surface area contributed by atoms with Gasteiger partial charge >= 0.3 is 11.9 Å². The molecular weight excluding hydrogens is 660 g/mol. The summed E-state index contributed by atoms with van der Waals surface area (Å²) < 4.78 is 10.4. The highest BCUT2D eigenvalue weighted by molar-refractivity contribution is 6.14. The minimum Gasteiger partial charge on any atom is -0.507 e. The standard InChI is InChI=1S/C42H36N2O8/c1-51-31-15-11-25(12-16-31)19-35(41(47)48)43-23-29-21-27-7-3-5-9-33(27)37(39(29)45)38-34-10-6-4-8-28(34)22-30(40(38)46)24-44-36(42(49)50)20-26-13-17-32(52-2)18-14-26/h3-18,21-24,35-36,45-46H,19-20H2,1-2H3,(H,47,48)(H,49,50)/t35-,36-/m0/s1. The van der Waals surface area contributed by atoms with E-state index >= 15 is 0 Å². The molecule has 0 unspecified atom stereocenters. The zero-order valence-electron chi connectivity index (χ0n) is 28.4. The Balaban J connectivity index is 1.44. The second-order valence-electron chi connectivity index (χ2n) is 12.2. The number of hydrogen-bond acceptors (Lipinski definition) is 8. The zero-order valence-corrected chi connectivity index (χ0v) is 28.4. The highest BCUT2D eigenvalue weighted by atomic mass is 16.5. The summed E-state index contributed by atoms with van der Waals surface area (Å²) in [4.78, 5) is 33.3. The fourth-order valence-corrected chi connectivity index (χ4v) is 6.14. The summed E-state index contributed by atoms with van der Waals surface area (Å²) in [6.45, 7) is 0. The van der Waals surface area contributed by atoms with E-state index in [2.05, 4.69) is 9.98 Å². The molecule has 0 aliphatic rings. The van der Waals surface area contributed by atoms with Gasteiger partial charge in [-0.2, -0.15) is 0 Å². The number of benzene rings is 6. The van der Waals surface area contributed by atoms with Crippen LogP contribution in [-0.2, 0) is 22.4 Å². The first-order chi connectivity index (χ1) is 25.2. The molecule has 0 saturated heterocycles. The maximum absolute atomic E-state index is 12.3. The average Bonchev–Trinajstić information content (AvgIpc) is 3.16. The van der Waals surface area contributed by atoms with Crippen LogP contribution in [0.15, 0.2) is 119 Å². The van der Waals surface area contributed by atoms with Crippen LogP contribution >= 0.6 is 0 Å². The molecule has 0 heterocycles. The number of carboxylic acids is 2. The molecule has 0 bridgehead atoms. The molecule has 10 nitrogen and oxygen atoms in total. The second-order valence-corrected chi connectivity index (χ2v) is 12.2. The Hall–Kier alpha value is -6.68. The lowest BCUT2D eigenvalue weighted by Gasteiger charge is -2.18. The van der Waals surface area contributed by atoms with Gasteiger partial charge in [0.05, 0.1) is 14.2 Å². The number of phenols is 2. The first-order valence-corrected chi connectivity index (χ1v) is 16.4. The molecule has 0 aromatic heterocycles. The van der Waals surface area contributed by atoms with Gasteiger partial charge in [0.1, 0.15) is 23.0 Å². The van der Waals surface area contributed by atoms with Crippen molar-refractivity contribution in [2.75, 3.05) is 14.2 Å². The van der Waals surface area contributed by atoms with Crippen molar-refractivity contribution in [2.24, 2.45) is 9.98 Å². The van der Waals surface area contributed by atoms with Crippen LogP contribution in [0.3, 0.4) is 0 Å².